The predicted octanol–water partition coefficient (Wildman–Crippen LogP) is 4.63. The zero-order valence-corrected chi connectivity index (χ0v) is 13.4. The Kier molecular flexibility index (Phi) is 4.40. The third-order valence-corrected chi connectivity index (χ3v) is 4.31. The van der Waals surface area contributed by atoms with E-state index in [1.165, 1.54) is 6.07 Å². The molecule has 0 heterocycles. The van der Waals surface area contributed by atoms with E-state index in [4.69, 9.17) is 22.7 Å². The van der Waals surface area contributed by atoms with Gasteiger partial charge in [0.2, 0.25) is 0 Å². The van der Waals surface area contributed by atoms with E-state index >= 15 is 0 Å². The minimum Gasteiger partial charge on any atom is -0.457 e. The molecule has 2 rings (SSSR count). The summed E-state index contributed by atoms with van der Waals surface area (Å²) < 4.78 is 20.5. The van der Waals surface area contributed by atoms with Crippen molar-refractivity contribution in [1.82, 2.24) is 0 Å². The molecule has 0 saturated heterocycles. The Labute approximate surface area is 130 Å². The fourth-order valence-electron chi connectivity index (χ4n) is 1.92. The van der Waals surface area contributed by atoms with Crippen molar-refractivity contribution in [3.63, 3.8) is 0 Å². The first-order valence-electron chi connectivity index (χ1n) is 5.93. The number of ether oxygens (including phenoxy) is 1. The van der Waals surface area contributed by atoms with Crippen LogP contribution in [0.5, 0.6) is 11.5 Å². The second-order valence-corrected chi connectivity index (χ2v) is 5.68. The molecule has 0 aliphatic rings. The SMILES string of the molecule is Cc1cc(Oc2cccc(F)c2C(N)=S)cc(C)c1Br. The molecule has 0 radical (unpaired) electrons. The third-order valence-electron chi connectivity index (χ3n) is 2.86. The van der Waals surface area contributed by atoms with Crippen molar-refractivity contribution in [1.29, 1.82) is 0 Å². The maximum Gasteiger partial charge on any atom is 0.140 e. The molecule has 0 spiro atoms. The zero-order valence-electron chi connectivity index (χ0n) is 11.0. The molecular weight excluding hydrogens is 341 g/mol. The van der Waals surface area contributed by atoms with Crippen LogP contribution < -0.4 is 10.5 Å². The van der Waals surface area contributed by atoms with Crippen LogP contribution >= 0.6 is 28.1 Å². The Hall–Kier alpha value is -1.46. The Bertz CT molecular complexity index is 665. The molecule has 0 aliphatic heterocycles. The van der Waals surface area contributed by atoms with E-state index in [1.54, 1.807) is 12.1 Å². The van der Waals surface area contributed by atoms with Gasteiger partial charge in [0.25, 0.3) is 0 Å². The molecule has 2 nitrogen and oxygen atoms in total. The van der Waals surface area contributed by atoms with Gasteiger partial charge in [-0.3, -0.25) is 0 Å². The Morgan fingerprint density at radius 3 is 2.40 bits per heavy atom. The summed E-state index contributed by atoms with van der Waals surface area (Å²) in [7, 11) is 0. The van der Waals surface area contributed by atoms with Gasteiger partial charge >= 0.3 is 0 Å². The van der Waals surface area contributed by atoms with Crippen molar-refractivity contribution in [3.05, 3.63) is 57.3 Å². The van der Waals surface area contributed by atoms with Crippen molar-refractivity contribution in [3.8, 4) is 11.5 Å². The highest BCUT2D eigenvalue weighted by Crippen LogP contribution is 2.31. The number of thiocarbonyl (C=S) groups is 1. The van der Waals surface area contributed by atoms with E-state index in [-0.39, 0.29) is 10.6 Å². The van der Waals surface area contributed by atoms with E-state index < -0.39 is 5.82 Å². The van der Waals surface area contributed by atoms with Gasteiger partial charge in [0.1, 0.15) is 22.3 Å². The summed E-state index contributed by atoms with van der Waals surface area (Å²) in [6.07, 6.45) is 0. The Morgan fingerprint density at radius 2 is 1.85 bits per heavy atom. The summed E-state index contributed by atoms with van der Waals surface area (Å²) in [6.45, 7) is 3.92. The molecule has 0 aromatic heterocycles. The lowest BCUT2D eigenvalue weighted by molar-refractivity contribution is 0.474. The number of hydrogen-bond donors (Lipinski definition) is 1. The van der Waals surface area contributed by atoms with Crippen LogP contribution in [0.4, 0.5) is 4.39 Å². The molecule has 0 bridgehead atoms. The Morgan fingerprint density at radius 1 is 1.25 bits per heavy atom. The van der Waals surface area contributed by atoms with Crippen LogP contribution in [0.25, 0.3) is 0 Å². The lowest BCUT2D eigenvalue weighted by atomic mass is 10.1. The molecule has 0 aliphatic carbocycles. The first kappa shape index (κ1) is 14.9. The monoisotopic (exact) mass is 353 g/mol. The largest absolute Gasteiger partial charge is 0.457 e. The normalized spacial score (nSPS) is 10.4. The van der Waals surface area contributed by atoms with Gasteiger partial charge in [-0.05, 0) is 49.2 Å². The van der Waals surface area contributed by atoms with E-state index in [2.05, 4.69) is 15.9 Å². The number of halogens is 2. The minimum atomic E-state index is -0.486. The number of benzene rings is 2. The second kappa shape index (κ2) is 5.89. The predicted molar refractivity (Wildman–Crippen MR) is 86.0 cm³/mol. The molecular formula is C15H13BrFNOS. The highest BCUT2D eigenvalue weighted by molar-refractivity contribution is 9.10. The van der Waals surface area contributed by atoms with E-state index in [0.717, 1.165) is 15.6 Å². The molecule has 0 fully saturated rings. The average Bonchev–Trinajstić information content (AvgIpc) is 2.35. The van der Waals surface area contributed by atoms with Crippen molar-refractivity contribution < 1.29 is 9.13 Å². The first-order valence-corrected chi connectivity index (χ1v) is 7.13. The summed E-state index contributed by atoms with van der Waals surface area (Å²) in [5, 5.41) is 0. The lowest BCUT2D eigenvalue weighted by Gasteiger charge is -2.13. The summed E-state index contributed by atoms with van der Waals surface area (Å²) >= 11 is 8.37. The summed E-state index contributed by atoms with van der Waals surface area (Å²) in [6, 6.07) is 8.24. The van der Waals surface area contributed by atoms with Gasteiger partial charge in [0, 0.05) is 4.47 Å². The third kappa shape index (κ3) is 2.99. The van der Waals surface area contributed by atoms with Crippen LogP contribution in [0.15, 0.2) is 34.8 Å². The molecule has 2 aromatic carbocycles. The van der Waals surface area contributed by atoms with Crippen LogP contribution in [0, 0.1) is 19.7 Å². The van der Waals surface area contributed by atoms with Crippen LogP contribution in [-0.2, 0) is 0 Å². The van der Waals surface area contributed by atoms with Crippen LogP contribution in [-0.4, -0.2) is 4.99 Å². The quantitative estimate of drug-likeness (QED) is 0.817. The van der Waals surface area contributed by atoms with Gasteiger partial charge in [-0.25, -0.2) is 4.39 Å². The summed E-state index contributed by atoms with van der Waals surface area (Å²) in [4.78, 5) is -0.0244. The molecule has 20 heavy (non-hydrogen) atoms. The van der Waals surface area contributed by atoms with Crippen molar-refractivity contribution in [2.45, 2.75) is 13.8 Å². The minimum absolute atomic E-state index is 0.0244. The highest BCUT2D eigenvalue weighted by Gasteiger charge is 2.13. The molecule has 0 atom stereocenters. The first-order chi connectivity index (χ1) is 9.40. The van der Waals surface area contributed by atoms with Gasteiger partial charge in [-0.2, -0.15) is 0 Å². The fourth-order valence-corrected chi connectivity index (χ4v) is 2.35. The number of nitrogens with two attached hydrogens (primary N) is 1. The molecule has 0 unspecified atom stereocenters. The second-order valence-electron chi connectivity index (χ2n) is 4.45. The van der Waals surface area contributed by atoms with Gasteiger partial charge in [-0.15, -0.1) is 0 Å². The van der Waals surface area contributed by atoms with E-state index in [9.17, 15) is 4.39 Å². The standard InChI is InChI=1S/C15H13BrFNOS/c1-8-6-10(7-9(2)14(8)16)19-12-5-3-4-11(17)13(12)15(18)20/h3-7H,1-2H3,(H2,18,20). The molecule has 2 N–H and O–H groups in total. The summed E-state index contributed by atoms with van der Waals surface area (Å²) in [5.41, 5.74) is 7.75. The zero-order chi connectivity index (χ0) is 14.9. The van der Waals surface area contributed by atoms with E-state index in [1.807, 2.05) is 26.0 Å². The number of rotatable bonds is 3. The van der Waals surface area contributed by atoms with Gasteiger partial charge < -0.3 is 10.5 Å². The van der Waals surface area contributed by atoms with Gasteiger partial charge in [-0.1, -0.05) is 34.2 Å². The highest BCUT2D eigenvalue weighted by atomic mass is 79.9. The molecule has 0 saturated carbocycles. The van der Waals surface area contributed by atoms with Crippen molar-refractivity contribution in [2.75, 3.05) is 0 Å². The lowest BCUT2D eigenvalue weighted by Crippen LogP contribution is -2.13. The average molecular weight is 354 g/mol. The van der Waals surface area contributed by atoms with Crippen molar-refractivity contribution >= 4 is 33.1 Å². The maximum atomic E-state index is 13.8. The fraction of sp³-hybridized carbons (Fsp3) is 0.133. The number of aryl methyl sites for hydroxylation is 2. The van der Waals surface area contributed by atoms with E-state index in [0.29, 0.717) is 11.5 Å². The topological polar surface area (TPSA) is 35.2 Å². The van der Waals surface area contributed by atoms with Gasteiger partial charge in [0.15, 0.2) is 0 Å². The van der Waals surface area contributed by atoms with Crippen LogP contribution in [0.3, 0.4) is 0 Å². The van der Waals surface area contributed by atoms with Gasteiger partial charge in [0.05, 0.1) is 5.56 Å². The molecule has 2 aromatic rings. The maximum absolute atomic E-state index is 13.8. The van der Waals surface area contributed by atoms with Crippen LogP contribution in [0.1, 0.15) is 16.7 Å². The summed E-state index contributed by atoms with van der Waals surface area (Å²) in [5.74, 6) is 0.450. The molecule has 5 heteroatoms. The number of hydrogen-bond acceptors (Lipinski definition) is 2. The smallest absolute Gasteiger partial charge is 0.140 e. The van der Waals surface area contributed by atoms with Crippen LogP contribution in [0.2, 0.25) is 0 Å². The van der Waals surface area contributed by atoms with Crippen molar-refractivity contribution in [2.24, 2.45) is 5.73 Å². The molecule has 0 amide bonds. The molecule has 104 valence electrons. The Balaban J connectivity index is 2.45.